The zero-order valence-corrected chi connectivity index (χ0v) is 10.2. The third-order valence-corrected chi connectivity index (χ3v) is 2.89. The summed E-state index contributed by atoms with van der Waals surface area (Å²) < 4.78 is 2.62. The quantitative estimate of drug-likeness (QED) is 0.744. The van der Waals surface area contributed by atoms with Gasteiger partial charge in [-0.05, 0) is 18.2 Å². The van der Waals surface area contributed by atoms with Crippen molar-refractivity contribution in [2.75, 3.05) is 0 Å². The highest BCUT2D eigenvalue weighted by atomic mass is 79.9. The van der Waals surface area contributed by atoms with Crippen LogP contribution in [0.5, 0.6) is 0 Å². The molecule has 0 saturated carbocycles. The van der Waals surface area contributed by atoms with E-state index in [0.29, 0.717) is 10.9 Å². The van der Waals surface area contributed by atoms with Crippen molar-refractivity contribution < 1.29 is 0 Å². The zero-order valence-electron chi connectivity index (χ0n) is 8.59. The normalized spacial score (nSPS) is 10.9. The molecule has 2 aromatic heterocycles. The van der Waals surface area contributed by atoms with E-state index in [4.69, 9.17) is 0 Å². The van der Waals surface area contributed by atoms with Crippen LogP contribution >= 0.6 is 15.9 Å². The summed E-state index contributed by atoms with van der Waals surface area (Å²) in [4.78, 5) is 11.5. The minimum atomic E-state index is -0.281. The Hall–Kier alpha value is -1.95. The van der Waals surface area contributed by atoms with Gasteiger partial charge in [0.2, 0.25) is 0 Å². The van der Waals surface area contributed by atoms with Gasteiger partial charge in [-0.15, -0.1) is 0 Å². The standard InChI is InChI=1S/C11H7BrN4O/c12-8-2-1-3-9(4-8)16-6-7-5-13-14-11(17)10(7)15-16/h1-6H,(H,14,17). The fourth-order valence-corrected chi connectivity index (χ4v) is 2.01. The summed E-state index contributed by atoms with van der Waals surface area (Å²) in [5.41, 5.74) is 0.992. The van der Waals surface area contributed by atoms with Gasteiger partial charge in [-0.2, -0.15) is 10.2 Å². The molecule has 3 rings (SSSR count). The molecule has 0 fully saturated rings. The first kappa shape index (κ1) is 10.2. The summed E-state index contributed by atoms with van der Waals surface area (Å²) in [6.45, 7) is 0. The summed E-state index contributed by atoms with van der Waals surface area (Å²) in [6, 6.07) is 7.68. The van der Waals surface area contributed by atoms with Crippen LogP contribution in [0.1, 0.15) is 0 Å². The molecule has 3 aromatic rings. The van der Waals surface area contributed by atoms with Gasteiger partial charge in [-0.25, -0.2) is 9.78 Å². The van der Waals surface area contributed by atoms with E-state index >= 15 is 0 Å². The largest absolute Gasteiger partial charge is 0.292 e. The first-order chi connectivity index (χ1) is 8.24. The van der Waals surface area contributed by atoms with Gasteiger partial charge in [0.1, 0.15) is 0 Å². The van der Waals surface area contributed by atoms with E-state index in [9.17, 15) is 4.79 Å². The first-order valence-corrected chi connectivity index (χ1v) is 5.72. The van der Waals surface area contributed by atoms with Gasteiger partial charge in [0.15, 0.2) is 5.52 Å². The molecule has 1 N–H and O–H groups in total. The van der Waals surface area contributed by atoms with E-state index in [1.165, 1.54) is 0 Å². The van der Waals surface area contributed by atoms with Gasteiger partial charge in [0.05, 0.1) is 11.9 Å². The van der Waals surface area contributed by atoms with Crippen LogP contribution in [0.4, 0.5) is 0 Å². The number of aromatic nitrogens is 4. The second-order valence-corrected chi connectivity index (χ2v) is 4.47. The third kappa shape index (κ3) is 1.76. The molecule has 2 heterocycles. The van der Waals surface area contributed by atoms with Gasteiger partial charge < -0.3 is 0 Å². The lowest BCUT2D eigenvalue weighted by atomic mass is 10.3. The number of nitrogens with one attached hydrogen (secondary N) is 1. The lowest BCUT2D eigenvalue weighted by molar-refractivity contribution is 0.890. The Balaban J connectivity index is 2.25. The predicted molar refractivity (Wildman–Crippen MR) is 67.2 cm³/mol. The Bertz CT molecular complexity index is 746. The molecule has 0 spiro atoms. The molecule has 6 heteroatoms. The zero-order chi connectivity index (χ0) is 11.8. The summed E-state index contributed by atoms with van der Waals surface area (Å²) in [5, 5.41) is 11.0. The molecule has 1 aromatic carbocycles. The van der Waals surface area contributed by atoms with Crippen molar-refractivity contribution in [1.29, 1.82) is 0 Å². The topological polar surface area (TPSA) is 63.6 Å². The van der Waals surface area contributed by atoms with E-state index in [1.807, 2.05) is 24.3 Å². The monoisotopic (exact) mass is 290 g/mol. The van der Waals surface area contributed by atoms with Crippen LogP contribution < -0.4 is 5.56 Å². The maximum Gasteiger partial charge on any atom is 0.292 e. The maximum atomic E-state index is 11.5. The number of benzene rings is 1. The number of halogens is 1. The van der Waals surface area contributed by atoms with Gasteiger partial charge in [0.25, 0.3) is 5.56 Å². The summed E-state index contributed by atoms with van der Waals surface area (Å²) >= 11 is 3.40. The van der Waals surface area contributed by atoms with E-state index in [1.54, 1.807) is 17.1 Å². The van der Waals surface area contributed by atoms with Gasteiger partial charge in [0, 0.05) is 16.1 Å². The number of H-pyrrole nitrogens is 1. The first-order valence-electron chi connectivity index (χ1n) is 4.93. The number of nitrogens with zero attached hydrogens (tertiary/aromatic N) is 3. The highest BCUT2D eigenvalue weighted by Crippen LogP contribution is 2.16. The molecule has 0 aliphatic rings. The SMILES string of the molecule is O=c1[nH]ncc2cn(-c3cccc(Br)c3)nc12. The van der Waals surface area contributed by atoms with E-state index in [-0.39, 0.29) is 5.56 Å². The Labute approximate surface area is 104 Å². The number of hydrogen-bond donors (Lipinski definition) is 1. The van der Waals surface area contributed by atoms with E-state index in [0.717, 1.165) is 10.2 Å². The van der Waals surface area contributed by atoms with E-state index in [2.05, 4.69) is 31.2 Å². The van der Waals surface area contributed by atoms with Crippen molar-refractivity contribution in [3.8, 4) is 5.69 Å². The van der Waals surface area contributed by atoms with Crippen LogP contribution in [-0.4, -0.2) is 20.0 Å². The van der Waals surface area contributed by atoms with Crippen LogP contribution in [-0.2, 0) is 0 Å². The van der Waals surface area contributed by atoms with Crippen LogP contribution in [0.15, 0.2) is 45.9 Å². The lowest BCUT2D eigenvalue weighted by Crippen LogP contribution is -2.07. The molecule has 0 bridgehead atoms. The molecule has 0 aliphatic carbocycles. The van der Waals surface area contributed by atoms with Crippen molar-refractivity contribution in [2.45, 2.75) is 0 Å². The number of fused-ring (bicyclic) bond motifs is 1. The van der Waals surface area contributed by atoms with Gasteiger partial charge in [-0.1, -0.05) is 22.0 Å². The molecule has 0 radical (unpaired) electrons. The van der Waals surface area contributed by atoms with Gasteiger partial charge >= 0.3 is 0 Å². The second-order valence-electron chi connectivity index (χ2n) is 3.56. The van der Waals surface area contributed by atoms with Crippen molar-refractivity contribution >= 4 is 26.8 Å². The Morgan fingerprint density at radius 3 is 3.00 bits per heavy atom. The molecule has 0 saturated heterocycles. The maximum absolute atomic E-state index is 11.5. The fraction of sp³-hybridized carbons (Fsp3) is 0. The third-order valence-electron chi connectivity index (χ3n) is 2.40. The minimum absolute atomic E-state index is 0.281. The summed E-state index contributed by atoms with van der Waals surface area (Å²) in [6.07, 6.45) is 3.36. The Morgan fingerprint density at radius 2 is 2.24 bits per heavy atom. The van der Waals surface area contributed by atoms with Crippen LogP contribution in [0.3, 0.4) is 0 Å². The smallest absolute Gasteiger partial charge is 0.265 e. The number of hydrogen-bond acceptors (Lipinski definition) is 3. The van der Waals surface area contributed by atoms with Gasteiger partial charge in [-0.3, -0.25) is 4.79 Å². The predicted octanol–water partition coefficient (Wildman–Crippen LogP) is 1.87. The molecular weight excluding hydrogens is 284 g/mol. The van der Waals surface area contributed by atoms with Crippen molar-refractivity contribution in [3.63, 3.8) is 0 Å². The summed E-state index contributed by atoms with van der Waals surface area (Å²) in [7, 11) is 0. The lowest BCUT2D eigenvalue weighted by Gasteiger charge is -2.00. The van der Waals surface area contributed by atoms with Crippen LogP contribution in [0.2, 0.25) is 0 Å². The molecule has 17 heavy (non-hydrogen) atoms. The molecular formula is C11H7BrN4O. The molecule has 5 nitrogen and oxygen atoms in total. The minimum Gasteiger partial charge on any atom is -0.265 e. The molecule has 84 valence electrons. The van der Waals surface area contributed by atoms with Crippen molar-refractivity contribution in [3.05, 3.63) is 51.5 Å². The second kappa shape index (κ2) is 3.81. The fourth-order valence-electron chi connectivity index (χ4n) is 1.62. The molecule has 0 unspecified atom stereocenters. The average Bonchev–Trinajstić information content (AvgIpc) is 2.74. The van der Waals surface area contributed by atoms with E-state index < -0.39 is 0 Å². The number of rotatable bonds is 1. The summed E-state index contributed by atoms with van der Waals surface area (Å²) in [5.74, 6) is 0. The highest BCUT2D eigenvalue weighted by Gasteiger charge is 2.06. The Morgan fingerprint density at radius 1 is 1.35 bits per heavy atom. The van der Waals surface area contributed by atoms with Crippen LogP contribution in [0.25, 0.3) is 16.6 Å². The molecule has 0 aliphatic heterocycles. The number of aromatic amines is 1. The Kier molecular flexibility index (Phi) is 2.29. The van der Waals surface area contributed by atoms with Crippen LogP contribution in [0, 0.1) is 0 Å². The average molecular weight is 291 g/mol. The molecule has 0 atom stereocenters. The van der Waals surface area contributed by atoms with Crippen molar-refractivity contribution in [2.24, 2.45) is 0 Å². The highest BCUT2D eigenvalue weighted by molar-refractivity contribution is 9.10. The van der Waals surface area contributed by atoms with Crippen molar-refractivity contribution in [1.82, 2.24) is 20.0 Å². The molecule has 0 amide bonds.